The van der Waals surface area contributed by atoms with Gasteiger partial charge >= 0.3 is 0 Å². The van der Waals surface area contributed by atoms with Crippen LogP contribution in [0, 0.1) is 0 Å². The third-order valence-corrected chi connectivity index (χ3v) is 5.12. The number of halogens is 2. The molecule has 2 aromatic carbocycles. The average Bonchev–Trinajstić information content (AvgIpc) is 2.58. The number of nitrogens with one attached hydrogen (secondary N) is 1. The molecule has 0 aliphatic carbocycles. The molecule has 0 radical (unpaired) electrons. The first-order valence-electron chi connectivity index (χ1n) is 7.49. The molecule has 0 saturated carbocycles. The van der Waals surface area contributed by atoms with E-state index >= 15 is 0 Å². The quantitative estimate of drug-likeness (QED) is 0.669. The minimum Gasteiger partial charge on any atom is -0.367 e. The third kappa shape index (κ3) is 5.42. The number of hydrogen-bond acceptors (Lipinski definition) is 3. The number of hydrogen-bond donors (Lipinski definition) is 1. The fraction of sp³-hybridized carbons (Fsp3) is 0.278. The van der Waals surface area contributed by atoms with Crippen molar-refractivity contribution in [3.63, 3.8) is 0 Å². The van der Waals surface area contributed by atoms with Gasteiger partial charge in [-0.15, -0.1) is 0 Å². The first-order chi connectivity index (χ1) is 11.6. The van der Waals surface area contributed by atoms with E-state index in [1.54, 1.807) is 11.8 Å². The lowest BCUT2D eigenvalue weighted by molar-refractivity contribution is -0.131. The Balaban J connectivity index is 1.76. The molecule has 0 spiro atoms. The van der Waals surface area contributed by atoms with Crippen molar-refractivity contribution >= 4 is 40.9 Å². The molecular formula is C18H19Cl2NO2S. The lowest BCUT2D eigenvalue weighted by atomic mass is 10.1. The number of amides is 1. The summed E-state index contributed by atoms with van der Waals surface area (Å²) in [7, 11) is 1.53. The van der Waals surface area contributed by atoms with Gasteiger partial charge in [-0.25, -0.2) is 0 Å². The van der Waals surface area contributed by atoms with Gasteiger partial charge in [0.1, 0.15) is 0 Å². The second-order valence-electron chi connectivity index (χ2n) is 5.07. The Kier molecular flexibility index (Phi) is 7.92. The molecule has 0 aliphatic heterocycles. The molecule has 2 rings (SSSR count). The van der Waals surface area contributed by atoms with Crippen molar-refractivity contribution in [3.8, 4) is 0 Å². The molecule has 2 aromatic rings. The summed E-state index contributed by atoms with van der Waals surface area (Å²) in [5.41, 5.74) is 1.77. The maximum atomic E-state index is 12.2. The van der Waals surface area contributed by atoms with Crippen LogP contribution >= 0.6 is 35.0 Å². The van der Waals surface area contributed by atoms with E-state index in [1.807, 2.05) is 48.5 Å². The molecule has 1 N–H and O–H groups in total. The highest BCUT2D eigenvalue weighted by Gasteiger charge is 2.19. The minimum atomic E-state index is -0.589. The molecule has 0 bridgehead atoms. The first-order valence-corrected chi connectivity index (χ1v) is 9.40. The van der Waals surface area contributed by atoms with E-state index in [4.69, 9.17) is 27.9 Å². The predicted octanol–water partition coefficient (Wildman–Crippen LogP) is 4.73. The van der Waals surface area contributed by atoms with Crippen LogP contribution in [0.5, 0.6) is 0 Å². The number of carbonyl (C=O) groups excluding carboxylic acids is 1. The van der Waals surface area contributed by atoms with Gasteiger partial charge in [-0.1, -0.05) is 59.6 Å². The molecule has 1 amide bonds. The van der Waals surface area contributed by atoms with Crippen LogP contribution in [0.25, 0.3) is 0 Å². The fourth-order valence-corrected chi connectivity index (χ4v) is 3.80. The van der Waals surface area contributed by atoms with Crippen LogP contribution in [0.15, 0.2) is 48.5 Å². The van der Waals surface area contributed by atoms with Crippen molar-refractivity contribution in [1.29, 1.82) is 0 Å². The molecule has 1 atom stereocenters. The van der Waals surface area contributed by atoms with E-state index in [0.29, 0.717) is 22.3 Å². The van der Waals surface area contributed by atoms with Gasteiger partial charge in [0.2, 0.25) is 0 Å². The maximum absolute atomic E-state index is 12.2. The standard InChI is InChI=1S/C18H19Cl2NO2S/c1-23-17(13-6-3-2-4-7-13)18(22)21-10-11-24-12-14-15(19)8-5-9-16(14)20/h2-9,17H,10-12H2,1H3,(H,21,22)/t17-/m0/s1. The Morgan fingerprint density at radius 3 is 2.42 bits per heavy atom. The smallest absolute Gasteiger partial charge is 0.253 e. The van der Waals surface area contributed by atoms with Crippen LogP contribution in [0.4, 0.5) is 0 Å². The summed E-state index contributed by atoms with van der Waals surface area (Å²) in [6, 6.07) is 14.9. The molecule has 0 heterocycles. The largest absolute Gasteiger partial charge is 0.367 e. The predicted molar refractivity (Wildman–Crippen MR) is 102 cm³/mol. The topological polar surface area (TPSA) is 38.3 Å². The summed E-state index contributed by atoms with van der Waals surface area (Å²) in [4.78, 5) is 12.2. The van der Waals surface area contributed by atoms with Crippen molar-refractivity contribution < 1.29 is 9.53 Å². The second kappa shape index (κ2) is 9.94. The summed E-state index contributed by atoms with van der Waals surface area (Å²) in [5.74, 6) is 1.33. The summed E-state index contributed by atoms with van der Waals surface area (Å²) in [6.07, 6.45) is -0.589. The molecule has 0 aromatic heterocycles. The number of ether oxygens (including phenoxy) is 1. The molecule has 0 fully saturated rings. The molecular weight excluding hydrogens is 365 g/mol. The number of benzene rings is 2. The van der Waals surface area contributed by atoms with Gasteiger partial charge in [-0.2, -0.15) is 11.8 Å². The Hall–Kier alpha value is -1.20. The summed E-state index contributed by atoms with van der Waals surface area (Å²) in [6.45, 7) is 0.554. The third-order valence-electron chi connectivity index (χ3n) is 3.43. The van der Waals surface area contributed by atoms with Crippen molar-refractivity contribution in [3.05, 3.63) is 69.7 Å². The van der Waals surface area contributed by atoms with Crippen LogP contribution in [-0.2, 0) is 15.3 Å². The second-order valence-corrected chi connectivity index (χ2v) is 6.99. The van der Waals surface area contributed by atoms with Crippen LogP contribution in [0.3, 0.4) is 0 Å². The fourth-order valence-electron chi connectivity index (χ4n) is 2.21. The highest BCUT2D eigenvalue weighted by atomic mass is 35.5. The van der Waals surface area contributed by atoms with Gasteiger partial charge in [0.05, 0.1) is 0 Å². The highest BCUT2D eigenvalue weighted by molar-refractivity contribution is 7.98. The minimum absolute atomic E-state index is 0.139. The molecule has 0 saturated heterocycles. The Labute approximate surface area is 156 Å². The van der Waals surface area contributed by atoms with E-state index < -0.39 is 6.10 Å². The first kappa shape index (κ1) is 19.1. The molecule has 0 aliphatic rings. The van der Waals surface area contributed by atoms with E-state index in [9.17, 15) is 4.79 Å². The maximum Gasteiger partial charge on any atom is 0.253 e. The van der Waals surface area contributed by atoms with Crippen LogP contribution < -0.4 is 5.32 Å². The Bertz CT molecular complexity index is 647. The lowest BCUT2D eigenvalue weighted by Gasteiger charge is -2.15. The molecule has 128 valence electrons. The van der Waals surface area contributed by atoms with Gasteiger partial charge in [0.15, 0.2) is 6.10 Å². The summed E-state index contributed by atoms with van der Waals surface area (Å²) < 4.78 is 5.30. The van der Waals surface area contributed by atoms with Crippen LogP contribution in [-0.4, -0.2) is 25.3 Å². The number of thioether (sulfide) groups is 1. The number of methoxy groups -OCH3 is 1. The zero-order valence-electron chi connectivity index (χ0n) is 13.3. The van der Waals surface area contributed by atoms with E-state index in [0.717, 1.165) is 16.9 Å². The zero-order valence-corrected chi connectivity index (χ0v) is 15.6. The van der Waals surface area contributed by atoms with Gasteiger partial charge in [0, 0.05) is 35.2 Å². The molecule has 24 heavy (non-hydrogen) atoms. The number of carbonyl (C=O) groups is 1. The van der Waals surface area contributed by atoms with Gasteiger partial charge < -0.3 is 10.1 Å². The summed E-state index contributed by atoms with van der Waals surface area (Å²) in [5, 5.41) is 4.23. The van der Waals surface area contributed by atoms with Crippen molar-refractivity contribution in [2.75, 3.05) is 19.4 Å². The van der Waals surface area contributed by atoms with E-state index in [-0.39, 0.29) is 5.91 Å². The van der Waals surface area contributed by atoms with E-state index in [1.165, 1.54) is 7.11 Å². The molecule has 6 heteroatoms. The zero-order chi connectivity index (χ0) is 17.4. The summed E-state index contributed by atoms with van der Waals surface area (Å²) >= 11 is 13.9. The molecule has 0 unspecified atom stereocenters. The Morgan fingerprint density at radius 2 is 1.79 bits per heavy atom. The average molecular weight is 384 g/mol. The normalized spacial score (nSPS) is 12.0. The van der Waals surface area contributed by atoms with Gasteiger partial charge in [0.25, 0.3) is 5.91 Å². The highest BCUT2D eigenvalue weighted by Crippen LogP contribution is 2.28. The Morgan fingerprint density at radius 1 is 1.12 bits per heavy atom. The van der Waals surface area contributed by atoms with Crippen molar-refractivity contribution in [2.45, 2.75) is 11.9 Å². The SMILES string of the molecule is CO[C@H](C(=O)NCCSCc1c(Cl)cccc1Cl)c1ccccc1. The van der Waals surface area contributed by atoms with Crippen molar-refractivity contribution in [2.24, 2.45) is 0 Å². The number of rotatable bonds is 8. The lowest BCUT2D eigenvalue weighted by Crippen LogP contribution is -2.32. The van der Waals surface area contributed by atoms with Gasteiger partial charge in [-0.3, -0.25) is 4.79 Å². The van der Waals surface area contributed by atoms with Crippen LogP contribution in [0.1, 0.15) is 17.2 Å². The van der Waals surface area contributed by atoms with Crippen molar-refractivity contribution in [1.82, 2.24) is 5.32 Å². The van der Waals surface area contributed by atoms with E-state index in [2.05, 4.69) is 5.32 Å². The van der Waals surface area contributed by atoms with Crippen LogP contribution in [0.2, 0.25) is 10.0 Å². The molecule has 3 nitrogen and oxygen atoms in total. The monoisotopic (exact) mass is 383 g/mol. The van der Waals surface area contributed by atoms with Gasteiger partial charge in [-0.05, 0) is 23.3 Å².